The number of benzene rings is 1. The van der Waals surface area contributed by atoms with E-state index in [1.807, 2.05) is 0 Å². The van der Waals surface area contributed by atoms with E-state index in [1.165, 1.54) is 28.5 Å². The Morgan fingerprint density at radius 1 is 1.25 bits per heavy atom. The number of nitrogens with zero attached hydrogens (tertiary/aromatic N) is 1. The molecule has 20 heavy (non-hydrogen) atoms. The predicted molar refractivity (Wildman–Crippen MR) is 81.6 cm³/mol. The zero-order chi connectivity index (χ0) is 13.7. The van der Waals surface area contributed by atoms with Crippen molar-refractivity contribution in [2.45, 2.75) is 32.7 Å². The van der Waals surface area contributed by atoms with Crippen molar-refractivity contribution in [3.05, 3.63) is 29.0 Å². The van der Waals surface area contributed by atoms with Crippen LogP contribution in [0.5, 0.6) is 5.75 Å². The Labute approximate surface area is 119 Å². The standard InChI is InChI=1S/C17H22N2O/c1-11-9-12-3-4-15(20-2)16-13-5-7-18-8-6-14(13)19(10-11)17(12)16/h3-4,11,18H,5-10H2,1-2H3. The van der Waals surface area contributed by atoms with E-state index in [1.54, 1.807) is 12.8 Å². The molecule has 0 saturated carbocycles. The highest BCUT2D eigenvalue weighted by Gasteiger charge is 2.27. The summed E-state index contributed by atoms with van der Waals surface area (Å²) in [4.78, 5) is 0. The maximum absolute atomic E-state index is 5.66. The SMILES string of the molecule is COc1ccc2c3c1c1c(n3CC(C)C2)CCNCC1. The molecule has 3 heteroatoms. The van der Waals surface area contributed by atoms with Gasteiger partial charge >= 0.3 is 0 Å². The van der Waals surface area contributed by atoms with Gasteiger partial charge in [-0.2, -0.15) is 0 Å². The molecule has 3 nitrogen and oxygen atoms in total. The number of fused-ring (bicyclic) bond motifs is 3. The molecular formula is C17H22N2O. The Kier molecular flexibility index (Phi) is 2.77. The Morgan fingerprint density at radius 3 is 2.95 bits per heavy atom. The van der Waals surface area contributed by atoms with Crippen molar-refractivity contribution < 1.29 is 4.74 Å². The van der Waals surface area contributed by atoms with Gasteiger partial charge < -0.3 is 14.6 Å². The summed E-state index contributed by atoms with van der Waals surface area (Å²) in [6.45, 7) is 5.69. The predicted octanol–water partition coefficient (Wildman–Crippen LogP) is 2.53. The first kappa shape index (κ1) is 12.3. The number of hydrogen-bond acceptors (Lipinski definition) is 2. The third kappa shape index (κ3) is 1.62. The average molecular weight is 270 g/mol. The molecule has 1 unspecified atom stereocenters. The first-order chi connectivity index (χ1) is 9.79. The largest absolute Gasteiger partial charge is 0.496 e. The van der Waals surface area contributed by atoms with E-state index in [0.717, 1.165) is 44.1 Å². The van der Waals surface area contributed by atoms with E-state index in [9.17, 15) is 0 Å². The van der Waals surface area contributed by atoms with Gasteiger partial charge in [-0.25, -0.2) is 0 Å². The molecule has 4 rings (SSSR count). The first-order valence-electron chi connectivity index (χ1n) is 7.70. The minimum absolute atomic E-state index is 0.729. The minimum Gasteiger partial charge on any atom is -0.496 e. The van der Waals surface area contributed by atoms with Gasteiger partial charge in [0.15, 0.2) is 0 Å². The van der Waals surface area contributed by atoms with Gasteiger partial charge in [0.05, 0.1) is 12.6 Å². The van der Waals surface area contributed by atoms with Crippen LogP contribution >= 0.6 is 0 Å². The van der Waals surface area contributed by atoms with Crippen molar-refractivity contribution in [3.63, 3.8) is 0 Å². The number of hydrogen-bond donors (Lipinski definition) is 1. The molecule has 0 amide bonds. The zero-order valence-electron chi connectivity index (χ0n) is 12.3. The van der Waals surface area contributed by atoms with E-state index in [0.29, 0.717) is 0 Å². The molecular weight excluding hydrogens is 248 g/mol. The number of aromatic nitrogens is 1. The van der Waals surface area contributed by atoms with E-state index < -0.39 is 0 Å². The Balaban J connectivity index is 2.08. The van der Waals surface area contributed by atoms with Crippen LogP contribution in [-0.4, -0.2) is 24.8 Å². The lowest BCUT2D eigenvalue weighted by Gasteiger charge is -2.24. The Bertz CT molecular complexity index is 671. The van der Waals surface area contributed by atoms with Crippen molar-refractivity contribution in [3.8, 4) is 5.75 Å². The topological polar surface area (TPSA) is 26.2 Å². The van der Waals surface area contributed by atoms with Crippen LogP contribution in [0.3, 0.4) is 0 Å². The fourth-order valence-electron chi connectivity index (χ4n) is 4.05. The summed E-state index contributed by atoms with van der Waals surface area (Å²) >= 11 is 0. The first-order valence-corrected chi connectivity index (χ1v) is 7.70. The lowest BCUT2D eigenvalue weighted by molar-refractivity contribution is 0.418. The molecule has 3 heterocycles. The molecule has 1 aromatic carbocycles. The van der Waals surface area contributed by atoms with E-state index in [2.05, 4.69) is 28.9 Å². The smallest absolute Gasteiger partial charge is 0.128 e. The highest BCUT2D eigenvalue weighted by molar-refractivity contribution is 5.94. The van der Waals surface area contributed by atoms with Crippen LogP contribution in [0.25, 0.3) is 10.9 Å². The lowest BCUT2D eigenvalue weighted by Crippen LogP contribution is -2.20. The normalized spacial score (nSPS) is 21.6. The third-order valence-corrected chi connectivity index (χ3v) is 4.84. The van der Waals surface area contributed by atoms with Crippen LogP contribution < -0.4 is 10.1 Å². The van der Waals surface area contributed by atoms with Crippen LogP contribution in [0.1, 0.15) is 23.7 Å². The molecule has 0 bridgehead atoms. The molecule has 0 aliphatic carbocycles. The van der Waals surface area contributed by atoms with Crippen molar-refractivity contribution >= 4 is 10.9 Å². The second-order valence-electron chi connectivity index (χ2n) is 6.25. The van der Waals surface area contributed by atoms with Crippen molar-refractivity contribution in [2.24, 2.45) is 5.92 Å². The second-order valence-corrected chi connectivity index (χ2v) is 6.25. The average Bonchev–Trinajstić information content (AvgIpc) is 2.64. The fraction of sp³-hybridized carbons (Fsp3) is 0.529. The quantitative estimate of drug-likeness (QED) is 0.862. The number of nitrogens with one attached hydrogen (secondary N) is 1. The summed E-state index contributed by atoms with van der Waals surface area (Å²) in [6.07, 6.45) is 3.45. The second kappa shape index (κ2) is 4.52. The molecule has 1 N–H and O–H groups in total. The summed E-state index contributed by atoms with van der Waals surface area (Å²) in [6, 6.07) is 4.43. The molecule has 0 saturated heterocycles. The molecule has 1 aromatic heterocycles. The van der Waals surface area contributed by atoms with Gasteiger partial charge in [0.25, 0.3) is 0 Å². The monoisotopic (exact) mass is 270 g/mol. The summed E-state index contributed by atoms with van der Waals surface area (Å²) in [7, 11) is 1.79. The van der Waals surface area contributed by atoms with Crippen molar-refractivity contribution in [2.75, 3.05) is 20.2 Å². The lowest BCUT2D eigenvalue weighted by atomic mass is 9.95. The maximum atomic E-state index is 5.66. The van der Waals surface area contributed by atoms with Crippen LogP contribution in [0.15, 0.2) is 12.1 Å². The van der Waals surface area contributed by atoms with Crippen molar-refractivity contribution in [1.82, 2.24) is 9.88 Å². The summed E-state index contributed by atoms with van der Waals surface area (Å²) < 4.78 is 8.25. The molecule has 106 valence electrons. The molecule has 2 aliphatic heterocycles. The number of ether oxygens (including phenoxy) is 1. The van der Waals surface area contributed by atoms with E-state index in [-0.39, 0.29) is 0 Å². The molecule has 0 fully saturated rings. The Hall–Kier alpha value is -1.48. The van der Waals surface area contributed by atoms with Gasteiger partial charge in [-0.15, -0.1) is 0 Å². The van der Waals surface area contributed by atoms with Crippen molar-refractivity contribution in [1.29, 1.82) is 0 Å². The summed E-state index contributed by atoms with van der Waals surface area (Å²) in [5, 5.41) is 4.91. The van der Waals surface area contributed by atoms with Crippen LogP contribution in [0.4, 0.5) is 0 Å². The summed E-state index contributed by atoms with van der Waals surface area (Å²) in [5.74, 6) is 1.78. The van der Waals surface area contributed by atoms with Gasteiger partial charge in [0.2, 0.25) is 0 Å². The number of rotatable bonds is 1. The van der Waals surface area contributed by atoms with Crippen LogP contribution in [-0.2, 0) is 25.8 Å². The number of methoxy groups -OCH3 is 1. The van der Waals surface area contributed by atoms with Gasteiger partial charge in [-0.1, -0.05) is 13.0 Å². The van der Waals surface area contributed by atoms with Gasteiger partial charge in [0.1, 0.15) is 5.75 Å². The van der Waals surface area contributed by atoms with E-state index >= 15 is 0 Å². The fourth-order valence-corrected chi connectivity index (χ4v) is 4.05. The third-order valence-electron chi connectivity index (χ3n) is 4.84. The van der Waals surface area contributed by atoms with E-state index in [4.69, 9.17) is 4.74 Å². The Morgan fingerprint density at radius 2 is 2.10 bits per heavy atom. The molecule has 2 aromatic rings. The maximum Gasteiger partial charge on any atom is 0.128 e. The summed E-state index contributed by atoms with van der Waals surface area (Å²) in [5.41, 5.74) is 6.02. The highest BCUT2D eigenvalue weighted by atomic mass is 16.5. The highest BCUT2D eigenvalue weighted by Crippen LogP contribution is 2.40. The van der Waals surface area contributed by atoms with Crippen LogP contribution in [0, 0.1) is 5.92 Å². The minimum atomic E-state index is 0.729. The molecule has 2 aliphatic rings. The molecule has 1 atom stereocenters. The molecule has 0 spiro atoms. The van der Waals surface area contributed by atoms with Crippen LogP contribution in [0.2, 0.25) is 0 Å². The van der Waals surface area contributed by atoms with Gasteiger partial charge in [0, 0.05) is 30.6 Å². The van der Waals surface area contributed by atoms with Gasteiger partial charge in [-0.05, 0) is 42.5 Å². The zero-order valence-corrected chi connectivity index (χ0v) is 12.3. The molecule has 0 radical (unpaired) electrons. The van der Waals surface area contributed by atoms with Gasteiger partial charge in [-0.3, -0.25) is 0 Å².